The number of likely N-dealkylation sites (N-methyl/N-ethyl adjacent to an activating group) is 1. The van der Waals surface area contributed by atoms with Gasteiger partial charge < -0.3 is 10.1 Å². The number of amides is 1. The molecule has 118 valence electrons. The first kappa shape index (κ1) is 17.4. The van der Waals surface area contributed by atoms with Crippen LogP contribution < -0.4 is 5.32 Å². The Morgan fingerprint density at radius 1 is 1.33 bits per heavy atom. The van der Waals surface area contributed by atoms with Crippen LogP contribution in [-0.2, 0) is 14.3 Å². The first-order chi connectivity index (χ1) is 10.0. The Morgan fingerprint density at radius 3 is 2.52 bits per heavy atom. The average Bonchev–Trinajstić information content (AvgIpc) is 2.51. The van der Waals surface area contributed by atoms with Crippen LogP contribution in [0.25, 0.3) is 0 Å². The number of nitrogens with one attached hydrogen (secondary N) is 1. The summed E-state index contributed by atoms with van der Waals surface area (Å²) in [6.45, 7) is 3.29. The van der Waals surface area contributed by atoms with Gasteiger partial charge in [0, 0.05) is 6.54 Å². The number of carbonyl (C=O) groups excluding carboxylic acids is 2. The van der Waals surface area contributed by atoms with E-state index in [4.69, 9.17) is 0 Å². The highest BCUT2D eigenvalue weighted by Gasteiger charge is 2.33. The molecule has 1 N–H and O–H groups in total. The lowest BCUT2D eigenvalue weighted by atomic mass is 9.83. The Kier molecular flexibility index (Phi) is 7.17. The van der Waals surface area contributed by atoms with Crippen molar-refractivity contribution >= 4 is 11.9 Å². The zero-order valence-corrected chi connectivity index (χ0v) is 13.0. The maximum atomic E-state index is 12.1. The van der Waals surface area contributed by atoms with Crippen molar-refractivity contribution in [2.75, 3.05) is 26.7 Å². The van der Waals surface area contributed by atoms with E-state index in [1.165, 1.54) is 7.11 Å². The quantitative estimate of drug-likeness (QED) is 0.714. The SMILES string of the molecule is CCN(CCC(=O)OC)CC(=O)NC1(C#N)CCCCC1. The lowest BCUT2D eigenvalue weighted by Gasteiger charge is -2.32. The number of carbonyl (C=O) groups is 2. The number of esters is 1. The van der Waals surface area contributed by atoms with Gasteiger partial charge in [-0.1, -0.05) is 26.2 Å². The molecule has 0 atom stereocenters. The van der Waals surface area contributed by atoms with E-state index in [2.05, 4.69) is 16.1 Å². The van der Waals surface area contributed by atoms with E-state index in [0.29, 0.717) is 13.1 Å². The molecular weight excluding hydrogens is 270 g/mol. The highest BCUT2D eigenvalue weighted by Crippen LogP contribution is 2.27. The molecule has 0 heterocycles. The fourth-order valence-corrected chi connectivity index (χ4v) is 2.63. The minimum absolute atomic E-state index is 0.148. The second-order valence-electron chi connectivity index (χ2n) is 5.50. The third-order valence-corrected chi connectivity index (χ3v) is 3.97. The molecule has 0 aliphatic heterocycles. The Bertz CT molecular complexity index is 397. The molecule has 1 rings (SSSR count). The highest BCUT2D eigenvalue weighted by atomic mass is 16.5. The maximum Gasteiger partial charge on any atom is 0.306 e. The summed E-state index contributed by atoms with van der Waals surface area (Å²) in [5.41, 5.74) is -0.697. The van der Waals surface area contributed by atoms with Crippen LogP contribution in [0.2, 0.25) is 0 Å². The molecule has 1 saturated carbocycles. The molecule has 6 heteroatoms. The summed E-state index contributed by atoms with van der Waals surface area (Å²) in [5.74, 6) is -0.431. The zero-order chi connectivity index (χ0) is 15.7. The van der Waals surface area contributed by atoms with Gasteiger partial charge in [-0.25, -0.2) is 0 Å². The molecule has 1 fully saturated rings. The number of nitrogens with zero attached hydrogens (tertiary/aromatic N) is 2. The number of ether oxygens (including phenoxy) is 1. The summed E-state index contributed by atoms with van der Waals surface area (Å²) in [4.78, 5) is 25.2. The molecular formula is C15H25N3O3. The zero-order valence-electron chi connectivity index (χ0n) is 13.0. The average molecular weight is 295 g/mol. The molecule has 1 aliphatic rings. The van der Waals surface area contributed by atoms with Gasteiger partial charge in [-0.15, -0.1) is 0 Å². The van der Waals surface area contributed by atoms with Crippen LogP contribution in [0.15, 0.2) is 0 Å². The van der Waals surface area contributed by atoms with Crippen LogP contribution >= 0.6 is 0 Å². The molecule has 0 aromatic carbocycles. The molecule has 1 aliphatic carbocycles. The molecule has 0 saturated heterocycles. The van der Waals surface area contributed by atoms with Gasteiger partial charge in [0.2, 0.25) is 5.91 Å². The number of nitriles is 1. The minimum atomic E-state index is -0.697. The van der Waals surface area contributed by atoms with Crippen molar-refractivity contribution < 1.29 is 14.3 Å². The molecule has 0 spiro atoms. The Hall–Kier alpha value is -1.61. The third-order valence-electron chi connectivity index (χ3n) is 3.97. The van der Waals surface area contributed by atoms with Crippen molar-refractivity contribution in [2.45, 2.75) is 51.0 Å². The number of methoxy groups -OCH3 is 1. The molecule has 0 aromatic heterocycles. The maximum absolute atomic E-state index is 12.1. The van der Waals surface area contributed by atoms with Gasteiger partial charge in [-0.3, -0.25) is 14.5 Å². The minimum Gasteiger partial charge on any atom is -0.469 e. The first-order valence-corrected chi connectivity index (χ1v) is 7.56. The Labute approximate surface area is 126 Å². The predicted molar refractivity (Wildman–Crippen MR) is 78.3 cm³/mol. The van der Waals surface area contributed by atoms with Crippen molar-refractivity contribution in [3.05, 3.63) is 0 Å². The third kappa shape index (κ3) is 5.72. The standard InChI is InChI=1S/C15H25N3O3/c1-3-18(10-7-14(20)21-2)11-13(19)17-15(12-16)8-5-4-6-9-15/h3-11H2,1-2H3,(H,17,19). The van der Waals surface area contributed by atoms with Crippen LogP contribution in [0, 0.1) is 11.3 Å². The molecule has 0 radical (unpaired) electrons. The molecule has 0 unspecified atom stereocenters. The lowest BCUT2D eigenvalue weighted by molar-refractivity contribution is -0.141. The van der Waals surface area contributed by atoms with Crippen LogP contribution in [-0.4, -0.2) is 49.1 Å². The number of rotatable bonds is 7. The fraction of sp³-hybridized carbons (Fsp3) is 0.800. The normalized spacial score (nSPS) is 17.0. The number of hydrogen-bond acceptors (Lipinski definition) is 5. The Balaban J connectivity index is 2.46. The van der Waals surface area contributed by atoms with Crippen LogP contribution in [0.1, 0.15) is 45.4 Å². The van der Waals surface area contributed by atoms with Gasteiger partial charge >= 0.3 is 5.97 Å². The predicted octanol–water partition coefficient (Wildman–Crippen LogP) is 1.21. The van der Waals surface area contributed by atoms with E-state index in [0.717, 1.165) is 32.1 Å². The van der Waals surface area contributed by atoms with Crippen molar-refractivity contribution in [3.8, 4) is 6.07 Å². The molecule has 1 amide bonds. The van der Waals surface area contributed by atoms with Crippen molar-refractivity contribution in [3.63, 3.8) is 0 Å². The van der Waals surface area contributed by atoms with E-state index in [-0.39, 0.29) is 24.8 Å². The monoisotopic (exact) mass is 295 g/mol. The van der Waals surface area contributed by atoms with Gasteiger partial charge in [0.15, 0.2) is 0 Å². The summed E-state index contributed by atoms with van der Waals surface area (Å²) >= 11 is 0. The van der Waals surface area contributed by atoms with Crippen molar-refractivity contribution in [2.24, 2.45) is 0 Å². The van der Waals surface area contributed by atoms with Crippen molar-refractivity contribution in [1.82, 2.24) is 10.2 Å². The topological polar surface area (TPSA) is 82.4 Å². The fourth-order valence-electron chi connectivity index (χ4n) is 2.63. The number of hydrogen-bond donors (Lipinski definition) is 1. The second-order valence-corrected chi connectivity index (χ2v) is 5.50. The van der Waals surface area contributed by atoms with Crippen LogP contribution in [0.5, 0.6) is 0 Å². The molecule has 0 aromatic rings. The lowest BCUT2D eigenvalue weighted by Crippen LogP contribution is -2.51. The summed E-state index contributed by atoms with van der Waals surface area (Å²) in [6.07, 6.45) is 4.80. The smallest absolute Gasteiger partial charge is 0.306 e. The second kappa shape index (κ2) is 8.63. The van der Waals surface area contributed by atoms with Crippen LogP contribution in [0.4, 0.5) is 0 Å². The first-order valence-electron chi connectivity index (χ1n) is 7.56. The van der Waals surface area contributed by atoms with E-state index in [1.807, 2.05) is 11.8 Å². The molecule has 21 heavy (non-hydrogen) atoms. The van der Waals surface area contributed by atoms with E-state index in [9.17, 15) is 14.9 Å². The van der Waals surface area contributed by atoms with Gasteiger partial charge in [-0.05, 0) is 19.4 Å². The van der Waals surface area contributed by atoms with Gasteiger partial charge in [0.1, 0.15) is 5.54 Å². The summed E-state index contributed by atoms with van der Waals surface area (Å²) in [6, 6.07) is 2.27. The molecule has 6 nitrogen and oxygen atoms in total. The van der Waals surface area contributed by atoms with Gasteiger partial charge in [0.25, 0.3) is 0 Å². The van der Waals surface area contributed by atoms with Crippen molar-refractivity contribution in [1.29, 1.82) is 5.26 Å². The van der Waals surface area contributed by atoms with Crippen LogP contribution in [0.3, 0.4) is 0 Å². The Morgan fingerprint density at radius 2 is 2.00 bits per heavy atom. The molecule has 0 bridgehead atoms. The van der Waals surface area contributed by atoms with E-state index >= 15 is 0 Å². The summed E-state index contributed by atoms with van der Waals surface area (Å²) < 4.78 is 4.60. The van der Waals surface area contributed by atoms with Gasteiger partial charge in [-0.2, -0.15) is 5.26 Å². The summed E-state index contributed by atoms with van der Waals surface area (Å²) in [7, 11) is 1.35. The van der Waals surface area contributed by atoms with E-state index in [1.54, 1.807) is 0 Å². The van der Waals surface area contributed by atoms with Gasteiger partial charge in [0.05, 0.1) is 26.1 Å². The van der Waals surface area contributed by atoms with E-state index < -0.39 is 5.54 Å². The summed E-state index contributed by atoms with van der Waals surface area (Å²) in [5, 5.41) is 12.2. The highest BCUT2D eigenvalue weighted by molar-refractivity contribution is 5.79. The largest absolute Gasteiger partial charge is 0.469 e.